The molecule has 0 saturated carbocycles. The highest BCUT2D eigenvalue weighted by molar-refractivity contribution is 6.35. The lowest BCUT2D eigenvalue weighted by Gasteiger charge is -2.14. The molecule has 1 aromatic carbocycles. The van der Waals surface area contributed by atoms with Crippen molar-refractivity contribution in [2.45, 2.75) is 6.42 Å². The SMILES string of the molecule is NC(=O)C1CC(=O)N(c2ncc3c(Cl)cccc3n2)C1. The van der Waals surface area contributed by atoms with Gasteiger partial charge in [-0.25, -0.2) is 9.97 Å². The van der Waals surface area contributed by atoms with E-state index in [0.717, 1.165) is 5.39 Å². The Morgan fingerprint density at radius 3 is 2.95 bits per heavy atom. The van der Waals surface area contributed by atoms with E-state index in [1.165, 1.54) is 4.90 Å². The molecule has 2 heterocycles. The van der Waals surface area contributed by atoms with Gasteiger partial charge in [-0.15, -0.1) is 0 Å². The van der Waals surface area contributed by atoms with Crippen LogP contribution in [-0.2, 0) is 9.59 Å². The molecular weight excluding hydrogens is 280 g/mol. The smallest absolute Gasteiger partial charge is 0.232 e. The molecule has 0 bridgehead atoms. The Labute approximate surface area is 119 Å². The number of hydrogen-bond acceptors (Lipinski definition) is 4. The van der Waals surface area contributed by atoms with Crippen LogP contribution in [0, 0.1) is 5.92 Å². The van der Waals surface area contributed by atoms with Crippen LogP contribution in [0.5, 0.6) is 0 Å². The molecule has 6 nitrogen and oxygen atoms in total. The van der Waals surface area contributed by atoms with Gasteiger partial charge in [-0.2, -0.15) is 0 Å². The van der Waals surface area contributed by atoms with Gasteiger partial charge in [0.25, 0.3) is 0 Å². The number of anilines is 1. The number of nitrogens with two attached hydrogens (primary N) is 1. The first-order valence-electron chi connectivity index (χ1n) is 6.07. The second-order valence-electron chi connectivity index (χ2n) is 4.65. The monoisotopic (exact) mass is 290 g/mol. The largest absolute Gasteiger partial charge is 0.369 e. The molecule has 1 unspecified atom stereocenters. The Kier molecular flexibility index (Phi) is 3.02. The number of primary amides is 1. The first-order chi connectivity index (χ1) is 9.56. The molecule has 1 aromatic heterocycles. The van der Waals surface area contributed by atoms with Gasteiger partial charge in [-0.3, -0.25) is 14.5 Å². The number of rotatable bonds is 2. The molecule has 20 heavy (non-hydrogen) atoms. The lowest BCUT2D eigenvalue weighted by Crippen LogP contribution is -2.29. The maximum atomic E-state index is 11.9. The van der Waals surface area contributed by atoms with Crippen molar-refractivity contribution in [3.05, 3.63) is 29.4 Å². The Morgan fingerprint density at radius 2 is 2.25 bits per heavy atom. The topological polar surface area (TPSA) is 89.2 Å². The van der Waals surface area contributed by atoms with E-state index >= 15 is 0 Å². The minimum atomic E-state index is -0.485. The van der Waals surface area contributed by atoms with E-state index in [2.05, 4.69) is 9.97 Å². The van der Waals surface area contributed by atoms with E-state index in [4.69, 9.17) is 17.3 Å². The molecule has 1 fully saturated rings. The summed E-state index contributed by atoms with van der Waals surface area (Å²) in [6, 6.07) is 5.31. The minimum absolute atomic E-state index is 0.103. The lowest BCUT2D eigenvalue weighted by molar-refractivity contribution is -0.123. The second-order valence-corrected chi connectivity index (χ2v) is 5.06. The molecule has 2 N–H and O–H groups in total. The van der Waals surface area contributed by atoms with Gasteiger partial charge in [0.1, 0.15) is 0 Å². The molecular formula is C13H11ClN4O2. The van der Waals surface area contributed by atoms with Crippen LogP contribution in [0.25, 0.3) is 10.9 Å². The predicted molar refractivity (Wildman–Crippen MR) is 74.2 cm³/mol. The zero-order valence-corrected chi connectivity index (χ0v) is 11.2. The quantitative estimate of drug-likeness (QED) is 0.897. The molecule has 3 rings (SSSR count). The van der Waals surface area contributed by atoms with E-state index in [1.54, 1.807) is 24.4 Å². The van der Waals surface area contributed by atoms with Crippen molar-refractivity contribution >= 4 is 40.3 Å². The maximum absolute atomic E-state index is 11.9. The van der Waals surface area contributed by atoms with Crippen LogP contribution < -0.4 is 10.6 Å². The van der Waals surface area contributed by atoms with E-state index in [9.17, 15) is 9.59 Å². The average Bonchev–Trinajstić information content (AvgIpc) is 2.81. The first-order valence-corrected chi connectivity index (χ1v) is 6.45. The van der Waals surface area contributed by atoms with Gasteiger partial charge >= 0.3 is 0 Å². The Morgan fingerprint density at radius 1 is 1.45 bits per heavy atom. The first kappa shape index (κ1) is 12.8. The van der Waals surface area contributed by atoms with Gasteiger partial charge in [-0.05, 0) is 12.1 Å². The number of fused-ring (bicyclic) bond motifs is 1. The summed E-state index contributed by atoms with van der Waals surface area (Å²) in [5, 5.41) is 1.27. The lowest BCUT2D eigenvalue weighted by atomic mass is 10.1. The Hall–Kier alpha value is -2.21. The molecule has 0 aliphatic carbocycles. The van der Waals surface area contributed by atoms with E-state index in [1.807, 2.05) is 0 Å². The number of carbonyl (C=O) groups is 2. The van der Waals surface area contributed by atoms with Crippen LogP contribution >= 0.6 is 11.6 Å². The minimum Gasteiger partial charge on any atom is -0.369 e. The molecule has 2 aromatic rings. The van der Waals surface area contributed by atoms with Crippen LogP contribution in [-0.4, -0.2) is 28.3 Å². The van der Waals surface area contributed by atoms with Gasteiger partial charge in [-0.1, -0.05) is 17.7 Å². The zero-order chi connectivity index (χ0) is 14.3. The molecule has 0 spiro atoms. The molecule has 1 aliphatic heterocycles. The number of benzene rings is 1. The fourth-order valence-electron chi connectivity index (χ4n) is 2.23. The average molecular weight is 291 g/mol. The Balaban J connectivity index is 1.99. The molecule has 102 valence electrons. The Bertz CT molecular complexity index is 719. The number of nitrogens with zero attached hydrogens (tertiary/aromatic N) is 3. The van der Waals surface area contributed by atoms with Crippen LogP contribution in [0.4, 0.5) is 5.95 Å². The normalized spacial score (nSPS) is 18.8. The van der Waals surface area contributed by atoms with Gasteiger partial charge in [0.2, 0.25) is 17.8 Å². The van der Waals surface area contributed by atoms with Crippen molar-refractivity contribution in [3.63, 3.8) is 0 Å². The number of carbonyl (C=O) groups excluding carboxylic acids is 2. The summed E-state index contributed by atoms with van der Waals surface area (Å²) in [6.07, 6.45) is 1.68. The number of hydrogen-bond donors (Lipinski definition) is 1. The molecule has 1 atom stereocenters. The summed E-state index contributed by atoms with van der Waals surface area (Å²) in [5.74, 6) is -0.894. The summed E-state index contributed by atoms with van der Waals surface area (Å²) in [7, 11) is 0. The molecule has 1 saturated heterocycles. The number of halogens is 1. The van der Waals surface area contributed by atoms with E-state index in [0.29, 0.717) is 10.5 Å². The highest BCUT2D eigenvalue weighted by atomic mass is 35.5. The van der Waals surface area contributed by atoms with Crippen molar-refractivity contribution < 1.29 is 9.59 Å². The van der Waals surface area contributed by atoms with E-state index in [-0.39, 0.29) is 24.8 Å². The maximum Gasteiger partial charge on any atom is 0.232 e. The number of amides is 2. The van der Waals surface area contributed by atoms with Crippen LogP contribution in [0.2, 0.25) is 5.02 Å². The summed E-state index contributed by atoms with van der Waals surface area (Å²) in [4.78, 5) is 32.9. The van der Waals surface area contributed by atoms with Crippen LogP contribution in [0.15, 0.2) is 24.4 Å². The summed E-state index contributed by atoms with van der Waals surface area (Å²) < 4.78 is 0. The van der Waals surface area contributed by atoms with Gasteiger partial charge < -0.3 is 5.73 Å². The van der Waals surface area contributed by atoms with Gasteiger partial charge in [0, 0.05) is 24.5 Å². The second kappa shape index (κ2) is 4.72. The zero-order valence-electron chi connectivity index (χ0n) is 10.4. The van der Waals surface area contributed by atoms with Crippen LogP contribution in [0.1, 0.15) is 6.42 Å². The third-order valence-electron chi connectivity index (χ3n) is 3.33. The van der Waals surface area contributed by atoms with Crippen molar-refractivity contribution in [2.75, 3.05) is 11.4 Å². The van der Waals surface area contributed by atoms with Gasteiger partial charge in [0.15, 0.2) is 0 Å². The molecule has 0 radical (unpaired) electrons. The molecule has 7 heteroatoms. The third-order valence-corrected chi connectivity index (χ3v) is 3.66. The highest BCUT2D eigenvalue weighted by Gasteiger charge is 2.35. The summed E-state index contributed by atoms with van der Waals surface area (Å²) in [5.41, 5.74) is 5.89. The fourth-order valence-corrected chi connectivity index (χ4v) is 2.45. The predicted octanol–water partition coefficient (Wildman–Crippen LogP) is 1.12. The highest BCUT2D eigenvalue weighted by Crippen LogP contribution is 2.26. The van der Waals surface area contributed by atoms with Crippen molar-refractivity contribution in [3.8, 4) is 0 Å². The fraction of sp³-hybridized carbons (Fsp3) is 0.231. The van der Waals surface area contributed by atoms with Gasteiger partial charge in [0.05, 0.1) is 16.5 Å². The van der Waals surface area contributed by atoms with E-state index < -0.39 is 11.8 Å². The third kappa shape index (κ3) is 2.08. The van der Waals surface area contributed by atoms with Crippen LogP contribution in [0.3, 0.4) is 0 Å². The molecule has 1 aliphatic rings. The summed E-state index contributed by atoms with van der Waals surface area (Å²) >= 11 is 6.04. The summed E-state index contributed by atoms with van der Waals surface area (Å²) in [6.45, 7) is 0.222. The molecule has 2 amide bonds. The number of aromatic nitrogens is 2. The van der Waals surface area contributed by atoms with Crippen molar-refractivity contribution in [2.24, 2.45) is 11.7 Å². The standard InChI is InChI=1S/C13H11ClN4O2/c14-9-2-1-3-10-8(9)5-16-13(17-10)18-6-7(12(15)20)4-11(18)19/h1-3,5,7H,4,6H2,(H2,15,20). The van der Waals surface area contributed by atoms with Crippen molar-refractivity contribution in [1.29, 1.82) is 0 Å². The van der Waals surface area contributed by atoms with Crippen molar-refractivity contribution in [1.82, 2.24) is 9.97 Å².